The highest BCUT2D eigenvalue weighted by Gasteiger charge is 2.19. The van der Waals surface area contributed by atoms with Crippen LogP contribution in [0.15, 0.2) is 0 Å². The van der Waals surface area contributed by atoms with Crippen LogP contribution in [0.25, 0.3) is 0 Å². The van der Waals surface area contributed by atoms with E-state index in [0.717, 1.165) is 57.8 Å². The van der Waals surface area contributed by atoms with Crippen LogP contribution in [-0.4, -0.2) is 37.2 Å². The van der Waals surface area contributed by atoms with Gasteiger partial charge in [-0.25, -0.2) is 0 Å². The predicted molar refractivity (Wildman–Crippen MR) is 201 cm³/mol. The molecule has 0 fully saturated rings. The molecule has 0 aromatic carbocycles. The van der Waals surface area contributed by atoms with Crippen molar-refractivity contribution in [2.75, 3.05) is 13.2 Å². The summed E-state index contributed by atoms with van der Waals surface area (Å²) in [6, 6.07) is 0. The minimum atomic E-state index is -0.755. The third-order valence-corrected chi connectivity index (χ3v) is 9.36. The van der Waals surface area contributed by atoms with E-state index in [4.69, 9.17) is 14.2 Å². The molecule has 0 radical (unpaired) electrons. The molecule has 6 nitrogen and oxygen atoms in total. The van der Waals surface area contributed by atoms with E-state index < -0.39 is 6.10 Å². The van der Waals surface area contributed by atoms with E-state index in [1.165, 1.54) is 135 Å². The molecule has 0 unspecified atom stereocenters. The number of esters is 3. The fraction of sp³-hybridized carbons (Fsp3) is 0.929. The Morgan fingerprint density at radius 1 is 0.333 bits per heavy atom. The lowest BCUT2D eigenvalue weighted by Gasteiger charge is -2.18. The first-order valence-corrected chi connectivity index (χ1v) is 21.0. The van der Waals surface area contributed by atoms with Crippen LogP contribution < -0.4 is 0 Å². The number of carbonyl (C=O) groups excluding carboxylic acids is 3. The number of hydrogen-bond acceptors (Lipinski definition) is 6. The Hall–Kier alpha value is -1.59. The topological polar surface area (TPSA) is 78.9 Å². The molecule has 0 aliphatic rings. The predicted octanol–water partition coefficient (Wildman–Crippen LogP) is 12.9. The van der Waals surface area contributed by atoms with Crippen molar-refractivity contribution in [3.63, 3.8) is 0 Å². The molecule has 1 atom stereocenters. The fourth-order valence-electron chi connectivity index (χ4n) is 6.15. The normalized spacial score (nSPS) is 11.8. The molecule has 0 saturated carbocycles. The summed E-state index contributed by atoms with van der Waals surface area (Å²) in [5.74, 6) is -0.866. The van der Waals surface area contributed by atoms with Gasteiger partial charge in [0.2, 0.25) is 0 Å². The lowest BCUT2D eigenvalue weighted by molar-refractivity contribution is -0.167. The number of carbonyl (C=O) groups is 3. The number of ether oxygens (including phenoxy) is 3. The smallest absolute Gasteiger partial charge is 0.306 e. The summed E-state index contributed by atoms with van der Waals surface area (Å²) in [7, 11) is 0. The van der Waals surface area contributed by atoms with Crippen LogP contribution >= 0.6 is 0 Å². The van der Waals surface area contributed by atoms with Gasteiger partial charge in [0, 0.05) is 19.3 Å². The quantitative estimate of drug-likeness (QED) is 0.0367. The molecule has 0 aliphatic carbocycles. The molecule has 0 spiro atoms. The molecule has 0 rings (SSSR count). The second-order valence-electron chi connectivity index (χ2n) is 14.3. The molecule has 0 saturated heterocycles. The van der Waals surface area contributed by atoms with Crippen molar-refractivity contribution < 1.29 is 28.6 Å². The largest absolute Gasteiger partial charge is 0.462 e. The Labute approximate surface area is 298 Å². The second kappa shape index (κ2) is 38.2. The maximum absolute atomic E-state index is 12.6. The van der Waals surface area contributed by atoms with Crippen molar-refractivity contribution in [3.8, 4) is 0 Å². The maximum Gasteiger partial charge on any atom is 0.306 e. The lowest BCUT2D eigenvalue weighted by Crippen LogP contribution is -2.30. The Balaban J connectivity index is 4.27. The third kappa shape index (κ3) is 35.7. The van der Waals surface area contributed by atoms with Crippen LogP contribution in [0, 0.1) is 0 Å². The van der Waals surface area contributed by atoms with E-state index in [9.17, 15) is 14.4 Å². The average Bonchev–Trinajstić information content (AvgIpc) is 3.08. The summed E-state index contributed by atoms with van der Waals surface area (Å²) < 4.78 is 16.6. The van der Waals surface area contributed by atoms with Crippen LogP contribution in [-0.2, 0) is 28.6 Å². The summed E-state index contributed by atoms with van der Waals surface area (Å²) in [6.45, 7) is 6.58. The zero-order valence-electron chi connectivity index (χ0n) is 32.3. The molecular weight excluding hydrogens is 600 g/mol. The van der Waals surface area contributed by atoms with Crippen molar-refractivity contribution >= 4 is 17.9 Å². The molecule has 48 heavy (non-hydrogen) atoms. The van der Waals surface area contributed by atoms with E-state index in [1.807, 2.05) is 0 Å². The maximum atomic E-state index is 12.6. The Kier molecular flexibility index (Phi) is 36.9. The van der Waals surface area contributed by atoms with Gasteiger partial charge < -0.3 is 14.2 Å². The van der Waals surface area contributed by atoms with Crippen LogP contribution in [0.4, 0.5) is 0 Å². The van der Waals surface area contributed by atoms with Gasteiger partial charge in [0.05, 0.1) is 0 Å². The number of unbranched alkanes of at least 4 members (excludes halogenated alkanes) is 27. The zero-order valence-corrected chi connectivity index (χ0v) is 32.3. The van der Waals surface area contributed by atoms with E-state index in [0.29, 0.717) is 19.3 Å². The van der Waals surface area contributed by atoms with Gasteiger partial charge in [-0.3, -0.25) is 14.4 Å². The van der Waals surface area contributed by atoms with Crippen molar-refractivity contribution in [1.29, 1.82) is 0 Å². The minimum absolute atomic E-state index is 0.0640. The van der Waals surface area contributed by atoms with Gasteiger partial charge >= 0.3 is 17.9 Å². The fourth-order valence-corrected chi connectivity index (χ4v) is 6.15. The molecule has 0 aromatic rings. The average molecular weight is 681 g/mol. The molecule has 0 bridgehead atoms. The van der Waals surface area contributed by atoms with E-state index in [1.54, 1.807) is 0 Å². The molecule has 0 aliphatic heterocycles. The Morgan fingerprint density at radius 2 is 0.562 bits per heavy atom. The molecule has 284 valence electrons. The first kappa shape index (κ1) is 46.4. The molecule has 6 heteroatoms. The molecular formula is C42H80O6. The van der Waals surface area contributed by atoms with Gasteiger partial charge in [-0.15, -0.1) is 0 Å². The summed E-state index contributed by atoms with van der Waals surface area (Å²) in [6.07, 6.45) is 36.6. The summed E-state index contributed by atoms with van der Waals surface area (Å²) in [5.41, 5.74) is 0. The summed E-state index contributed by atoms with van der Waals surface area (Å²) >= 11 is 0. The molecule has 0 aromatic heterocycles. The monoisotopic (exact) mass is 681 g/mol. The van der Waals surface area contributed by atoms with Crippen LogP contribution in [0.5, 0.6) is 0 Å². The minimum Gasteiger partial charge on any atom is -0.462 e. The highest BCUT2D eigenvalue weighted by molar-refractivity contribution is 5.71. The van der Waals surface area contributed by atoms with Gasteiger partial charge in [0.25, 0.3) is 0 Å². The summed E-state index contributed by atoms with van der Waals surface area (Å²) in [5, 5.41) is 0. The first-order chi connectivity index (χ1) is 23.5. The van der Waals surface area contributed by atoms with E-state index >= 15 is 0 Å². The third-order valence-electron chi connectivity index (χ3n) is 9.36. The van der Waals surface area contributed by atoms with Gasteiger partial charge in [-0.1, -0.05) is 194 Å². The molecule has 0 N–H and O–H groups in total. The Morgan fingerprint density at radius 3 is 0.833 bits per heavy atom. The van der Waals surface area contributed by atoms with Crippen LogP contribution in [0.3, 0.4) is 0 Å². The van der Waals surface area contributed by atoms with Crippen molar-refractivity contribution in [1.82, 2.24) is 0 Å². The zero-order chi connectivity index (χ0) is 35.2. The van der Waals surface area contributed by atoms with Crippen LogP contribution in [0.1, 0.15) is 233 Å². The van der Waals surface area contributed by atoms with Crippen molar-refractivity contribution in [2.45, 2.75) is 239 Å². The lowest BCUT2D eigenvalue weighted by atomic mass is 10.0. The van der Waals surface area contributed by atoms with Crippen molar-refractivity contribution in [3.05, 3.63) is 0 Å². The van der Waals surface area contributed by atoms with Gasteiger partial charge in [0.1, 0.15) is 13.2 Å². The highest BCUT2D eigenvalue weighted by Crippen LogP contribution is 2.15. The molecule has 0 amide bonds. The van der Waals surface area contributed by atoms with E-state index in [-0.39, 0.29) is 31.1 Å². The number of rotatable bonds is 38. The van der Waals surface area contributed by atoms with Gasteiger partial charge in [-0.05, 0) is 19.3 Å². The summed E-state index contributed by atoms with van der Waals surface area (Å²) in [4.78, 5) is 37.4. The van der Waals surface area contributed by atoms with Gasteiger partial charge in [0.15, 0.2) is 6.10 Å². The van der Waals surface area contributed by atoms with Crippen LogP contribution in [0.2, 0.25) is 0 Å². The van der Waals surface area contributed by atoms with Crippen molar-refractivity contribution in [2.24, 2.45) is 0 Å². The number of hydrogen-bond donors (Lipinski definition) is 0. The first-order valence-electron chi connectivity index (χ1n) is 21.0. The standard InChI is InChI=1S/C42H80O6/c1-4-7-10-13-16-18-19-20-21-22-24-27-30-33-36-42(45)48-39(37-46-40(43)34-31-28-25-15-12-9-6-3)38-47-41(44)35-32-29-26-23-17-14-11-8-5-2/h39H,4-38H2,1-3H3/t39-/m0/s1. The van der Waals surface area contributed by atoms with Gasteiger partial charge in [-0.2, -0.15) is 0 Å². The highest BCUT2D eigenvalue weighted by atomic mass is 16.6. The Bertz CT molecular complexity index is 708. The SMILES string of the molecule is CCCCCCCCCCCCCCCCC(=O)O[C@@H](COC(=O)CCCCCCCCC)COC(=O)CCCCCCCCCCC. The van der Waals surface area contributed by atoms with E-state index in [2.05, 4.69) is 20.8 Å². The second-order valence-corrected chi connectivity index (χ2v) is 14.3. The molecule has 0 heterocycles.